The third-order valence-corrected chi connectivity index (χ3v) is 4.96. The molecule has 146 valence electrons. The molecule has 0 saturated carbocycles. The van der Waals surface area contributed by atoms with Gasteiger partial charge in [0, 0.05) is 14.1 Å². The molecule has 13 nitrogen and oxygen atoms in total. The van der Waals surface area contributed by atoms with Crippen LogP contribution in [0.4, 0.5) is 5.82 Å². The van der Waals surface area contributed by atoms with E-state index in [0.717, 1.165) is 0 Å². The zero-order valence-electron chi connectivity index (χ0n) is 13.9. The lowest BCUT2D eigenvalue weighted by atomic mass is 10.1. The molecule has 1 unspecified atom stereocenters. The molecule has 1 saturated heterocycles. The topological polar surface area (TPSA) is 184 Å². The van der Waals surface area contributed by atoms with Gasteiger partial charge in [-0.15, -0.1) is 0 Å². The van der Waals surface area contributed by atoms with E-state index in [4.69, 9.17) is 20.3 Å². The number of hydrogen-bond donors (Lipinski definition) is 5. The highest BCUT2D eigenvalue weighted by molar-refractivity contribution is 7.46. The van der Waals surface area contributed by atoms with Gasteiger partial charge in [-0.25, -0.2) is 9.55 Å². The van der Waals surface area contributed by atoms with E-state index < -0.39 is 51.2 Å². The van der Waals surface area contributed by atoms with E-state index in [1.165, 1.54) is 27.7 Å². The molecule has 0 aliphatic carbocycles. The van der Waals surface area contributed by atoms with Crippen LogP contribution in [-0.2, 0) is 13.8 Å². The van der Waals surface area contributed by atoms with Crippen molar-refractivity contribution in [2.45, 2.75) is 30.8 Å². The molecule has 6 N–H and O–H groups in total. The van der Waals surface area contributed by atoms with Crippen LogP contribution in [0, 0.1) is 0 Å². The number of phosphoric acid groups is 1. The minimum absolute atomic E-state index is 0.0763. The Morgan fingerprint density at radius 1 is 1.38 bits per heavy atom. The first kappa shape index (κ1) is 19.2. The van der Waals surface area contributed by atoms with Crippen LogP contribution in [0.2, 0.25) is 0 Å². The number of carbonyl (C=O) groups excluding carboxylic acids is 1. The number of imidazole rings is 1. The summed E-state index contributed by atoms with van der Waals surface area (Å²) >= 11 is 0. The maximum absolute atomic E-state index is 12.3. The van der Waals surface area contributed by atoms with Crippen LogP contribution in [0.5, 0.6) is 0 Å². The summed E-state index contributed by atoms with van der Waals surface area (Å²) in [6.45, 7) is -0.647. The van der Waals surface area contributed by atoms with Gasteiger partial charge in [0.1, 0.15) is 24.1 Å². The SMILES string of the molecule is CN1C(=O)c2ncn([C@@H]3O[C@H](CO)[C@@H](OP(=O)(O)O)[C@H]3O)c2N(C)C1N. The van der Waals surface area contributed by atoms with Crippen LogP contribution in [0.15, 0.2) is 6.33 Å². The van der Waals surface area contributed by atoms with Gasteiger partial charge < -0.3 is 34.5 Å². The number of phosphoric ester groups is 1. The number of hydrogen-bond acceptors (Lipinski definition) is 9. The van der Waals surface area contributed by atoms with E-state index in [0.29, 0.717) is 0 Å². The zero-order valence-corrected chi connectivity index (χ0v) is 14.8. The van der Waals surface area contributed by atoms with E-state index >= 15 is 0 Å². The number of rotatable bonds is 4. The molecule has 0 bridgehead atoms. The number of aromatic nitrogens is 2. The van der Waals surface area contributed by atoms with Gasteiger partial charge in [0.15, 0.2) is 18.2 Å². The molecule has 1 fully saturated rings. The average Bonchev–Trinajstić information content (AvgIpc) is 3.12. The summed E-state index contributed by atoms with van der Waals surface area (Å²) in [5.41, 5.74) is 6.05. The van der Waals surface area contributed by atoms with Crippen molar-refractivity contribution in [1.82, 2.24) is 14.5 Å². The largest absolute Gasteiger partial charge is 0.470 e. The maximum atomic E-state index is 12.3. The highest BCUT2D eigenvalue weighted by Crippen LogP contribution is 2.44. The fraction of sp³-hybridized carbons (Fsp3) is 0.667. The van der Waals surface area contributed by atoms with Gasteiger partial charge in [-0.05, 0) is 0 Å². The molecule has 0 radical (unpaired) electrons. The third kappa shape index (κ3) is 3.02. The number of aliphatic hydroxyl groups excluding tert-OH is 2. The molecule has 3 rings (SSSR count). The molecule has 14 heteroatoms. The molecule has 0 aromatic carbocycles. The molecule has 26 heavy (non-hydrogen) atoms. The summed E-state index contributed by atoms with van der Waals surface area (Å²) in [6.07, 6.45) is -4.97. The van der Waals surface area contributed by atoms with Crippen LogP contribution < -0.4 is 10.6 Å². The van der Waals surface area contributed by atoms with Crippen molar-refractivity contribution in [3.05, 3.63) is 12.0 Å². The van der Waals surface area contributed by atoms with Crippen molar-refractivity contribution in [2.75, 3.05) is 25.6 Å². The minimum atomic E-state index is -4.94. The summed E-state index contributed by atoms with van der Waals surface area (Å²) in [7, 11) is -1.81. The molecular weight excluding hydrogens is 373 g/mol. The van der Waals surface area contributed by atoms with Crippen molar-refractivity contribution in [3.8, 4) is 0 Å². The molecule has 3 heterocycles. The number of fused-ring (bicyclic) bond motifs is 1. The van der Waals surface area contributed by atoms with E-state index in [-0.39, 0.29) is 11.5 Å². The Morgan fingerprint density at radius 3 is 2.62 bits per heavy atom. The third-order valence-electron chi connectivity index (χ3n) is 4.44. The Balaban J connectivity index is 1.97. The van der Waals surface area contributed by atoms with Crippen molar-refractivity contribution in [2.24, 2.45) is 5.73 Å². The van der Waals surface area contributed by atoms with Gasteiger partial charge in [-0.3, -0.25) is 19.6 Å². The summed E-state index contributed by atoms with van der Waals surface area (Å²) in [4.78, 5) is 37.2. The van der Waals surface area contributed by atoms with Crippen LogP contribution in [-0.4, -0.2) is 85.7 Å². The standard InChI is InChI=1S/C12H20N5O8P/c1-15-9-6(10(20)16(2)12(15)13)14-4-17(9)11-7(19)8(5(3-18)24-11)25-26(21,22)23/h4-5,7-8,11-12,18-19H,3,13H2,1-2H3,(H2,21,22,23)/t5-,7-,8-,11-,12?/m1/s1. The van der Waals surface area contributed by atoms with Crippen molar-refractivity contribution < 1.29 is 38.6 Å². The van der Waals surface area contributed by atoms with Crippen molar-refractivity contribution in [3.63, 3.8) is 0 Å². The number of anilines is 1. The number of carbonyl (C=O) groups is 1. The van der Waals surface area contributed by atoms with Gasteiger partial charge in [0.2, 0.25) is 0 Å². The number of aliphatic hydroxyl groups is 2. The highest BCUT2D eigenvalue weighted by atomic mass is 31.2. The quantitative estimate of drug-likeness (QED) is 0.337. The molecule has 2 aliphatic heterocycles. The summed E-state index contributed by atoms with van der Waals surface area (Å²) < 4.78 is 22.5. The molecular formula is C12H20N5O8P. The first-order valence-electron chi connectivity index (χ1n) is 7.57. The van der Waals surface area contributed by atoms with Gasteiger partial charge in [0.05, 0.1) is 12.9 Å². The predicted molar refractivity (Wildman–Crippen MR) is 84.6 cm³/mol. The Bertz CT molecular complexity index is 752. The first-order valence-corrected chi connectivity index (χ1v) is 9.10. The van der Waals surface area contributed by atoms with Gasteiger partial charge in [-0.1, -0.05) is 0 Å². The molecule has 5 atom stereocenters. The Kier molecular flexibility index (Phi) is 4.83. The smallest absolute Gasteiger partial charge is 0.394 e. The maximum Gasteiger partial charge on any atom is 0.470 e. The summed E-state index contributed by atoms with van der Waals surface area (Å²) in [5.74, 6) is -0.170. The lowest BCUT2D eigenvalue weighted by Crippen LogP contribution is -2.57. The fourth-order valence-electron chi connectivity index (χ4n) is 3.10. The van der Waals surface area contributed by atoms with E-state index in [1.54, 1.807) is 7.05 Å². The molecule has 0 spiro atoms. The van der Waals surface area contributed by atoms with Crippen LogP contribution >= 0.6 is 7.82 Å². The van der Waals surface area contributed by atoms with Crippen molar-refractivity contribution in [1.29, 1.82) is 0 Å². The lowest BCUT2D eigenvalue weighted by Gasteiger charge is -2.38. The summed E-state index contributed by atoms with van der Waals surface area (Å²) in [6, 6.07) is 0. The van der Waals surface area contributed by atoms with Crippen LogP contribution in [0.25, 0.3) is 0 Å². The lowest BCUT2D eigenvalue weighted by molar-refractivity contribution is -0.0522. The number of nitrogens with zero attached hydrogens (tertiary/aromatic N) is 4. The number of ether oxygens (including phenoxy) is 1. The first-order chi connectivity index (χ1) is 12.1. The normalized spacial score (nSPS) is 32.3. The van der Waals surface area contributed by atoms with Crippen molar-refractivity contribution >= 4 is 19.5 Å². The van der Waals surface area contributed by atoms with E-state index in [9.17, 15) is 19.6 Å². The molecule has 1 amide bonds. The summed E-state index contributed by atoms with van der Waals surface area (Å²) in [5, 5.41) is 19.8. The second-order valence-corrected chi connectivity index (χ2v) is 7.26. The fourth-order valence-corrected chi connectivity index (χ4v) is 3.68. The number of amides is 1. The second-order valence-electron chi connectivity index (χ2n) is 6.06. The Morgan fingerprint density at radius 2 is 2.04 bits per heavy atom. The monoisotopic (exact) mass is 393 g/mol. The number of nitrogens with two attached hydrogens (primary N) is 1. The zero-order chi connectivity index (χ0) is 19.4. The van der Waals surface area contributed by atoms with E-state index in [1.807, 2.05) is 0 Å². The minimum Gasteiger partial charge on any atom is -0.394 e. The van der Waals surface area contributed by atoms with Crippen LogP contribution in [0.1, 0.15) is 16.7 Å². The second kappa shape index (κ2) is 6.55. The Labute approximate surface area is 147 Å². The van der Waals surface area contributed by atoms with Gasteiger partial charge >= 0.3 is 7.82 Å². The Hall–Kier alpha value is -1.57. The molecule has 2 aliphatic rings. The molecule has 1 aromatic rings. The van der Waals surface area contributed by atoms with Crippen LogP contribution in [0.3, 0.4) is 0 Å². The average molecular weight is 393 g/mol. The molecule has 1 aromatic heterocycles. The van der Waals surface area contributed by atoms with Gasteiger partial charge in [0.25, 0.3) is 5.91 Å². The van der Waals surface area contributed by atoms with Gasteiger partial charge in [-0.2, -0.15) is 0 Å². The van der Waals surface area contributed by atoms with E-state index in [2.05, 4.69) is 9.51 Å². The predicted octanol–water partition coefficient (Wildman–Crippen LogP) is -2.62. The highest BCUT2D eigenvalue weighted by Gasteiger charge is 2.49.